The summed E-state index contributed by atoms with van der Waals surface area (Å²) in [6, 6.07) is 5.12. The summed E-state index contributed by atoms with van der Waals surface area (Å²) in [5, 5.41) is 8.86. The molecule has 0 aromatic heterocycles. The molecule has 5 heteroatoms. The number of carbonyl (C=O) groups excluding carboxylic acids is 1. The third-order valence-corrected chi connectivity index (χ3v) is 2.99. The first-order valence-corrected chi connectivity index (χ1v) is 5.67. The maximum Gasteiger partial charge on any atom is 0.339 e. The number of carbonyl (C=O) groups is 1. The van der Waals surface area contributed by atoms with Crippen molar-refractivity contribution in [3.8, 4) is 11.8 Å². The molecule has 0 fully saturated rings. The van der Waals surface area contributed by atoms with Crippen LogP contribution < -0.4 is 4.74 Å². The topological polar surface area (TPSA) is 59.3 Å². The molecular formula is C11H10INO3. The second-order valence-corrected chi connectivity index (χ2v) is 3.92. The van der Waals surface area contributed by atoms with Gasteiger partial charge in [-0.3, -0.25) is 0 Å². The zero-order valence-corrected chi connectivity index (χ0v) is 11.1. The Kier molecular flexibility index (Phi) is 4.55. The van der Waals surface area contributed by atoms with Crippen molar-refractivity contribution in [1.82, 2.24) is 0 Å². The van der Waals surface area contributed by atoms with Gasteiger partial charge >= 0.3 is 5.97 Å². The van der Waals surface area contributed by atoms with Gasteiger partial charge in [-0.15, -0.1) is 0 Å². The normalized spacial score (nSPS) is 9.38. The second kappa shape index (κ2) is 5.70. The van der Waals surface area contributed by atoms with E-state index in [2.05, 4.69) is 0 Å². The first-order valence-electron chi connectivity index (χ1n) is 4.59. The Labute approximate surface area is 107 Å². The summed E-state index contributed by atoms with van der Waals surface area (Å²) >= 11 is 1.97. The fraction of sp³-hybridized carbons (Fsp3) is 0.273. The van der Waals surface area contributed by atoms with Crippen LogP contribution in [-0.2, 0) is 4.74 Å². The van der Waals surface area contributed by atoms with Crippen LogP contribution >= 0.6 is 22.6 Å². The molecule has 1 aromatic rings. The van der Waals surface area contributed by atoms with E-state index < -0.39 is 5.97 Å². The average molecular weight is 331 g/mol. The number of methoxy groups -OCH3 is 1. The van der Waals surface area contributed by atoms with Gasteiger partial charge in [0.15, 0.2) is 5.75 Å². The van der Waals surface area contributed by atoms with Gasteiger partial charge in [-0.1, -0.05) is 0 Å². The van der Waals surface area contributed by atoms with Crippen molar-refractivity contribution in [3.63, 3.8) is 0 Å². The van der Waals surface area contributed by atoms with E-state index in [1.54, 1.807) is 19.1 Å². The Bertz CT molecular complexity index is 451. The van der Waals surface area contributed by atoms with E-state index in [-0.39, 0.29) is 0 Å². The lowest BCUT2D eigenvalue weighted by Gasteiger charge is -2.09. The number of rotatable bonds is 3. The number of esters is 1. The van der Waals surface area contributed by atoms with Gasteiger partial charge in [-0.2, -0.15) is 5.26 Å². The van der Waals surface area contributed by atoms with E-state index in [1.165, 1.54) is 7.11 Å². The van der Waals surface area contributed by atoms with Crippen LogP contribution in [0, 0.1) is 14.9 Å². The van der Waals surface area contributed by atoms with Gasteiger partial charge in [0.25, 0.3) is 0 Å². The molecule has 0 spiro atoms. The van der Waals surface area contributed by atoms with Gasteiger partial charge in [-0.05, 0) is 41.6 Å². The average Bonchev–Trinajstić information content (AvgIpc) is 2.28. The highest BCUT2D eigenvalue weighted by Gasteiger charge is 2.17. The monoisotopic (exact) mass is 331 g/mol. The molecule has 84 valence electrons. The molecule has 16 heavy (non-hydrogen) atoms. The minimum atomic E-state index is -0.408. The van der Waals surface area contributed by atoms with Crippen molar-refractivity contribution in [2.75, 3.05) is 13.7 Å². The molecule has 0 N–H and O–H groups in total. The van der Waals surface area contributed by atoms with Crippen LogP contribution in [-0.4, -0.2) is 19.7 Å². The molecule has 0 amide bonds. The molecule has 0 unspecified atom stereocenters. The molecule has 4 nitrogen and oxygen atoms in total. The smallest absolute Gasteiger partial charge is 0.339 e. The lowest BCUT2D eigenvalue weighted by molar-refractivity contribution is 0.0524. The number of ether oxygens (including phenoxy) is 2. The molecule has 1 rings (SSSR count). The first kappa shape index (κ1) is 12.8. The number of hydrogen-bond acceptors (Lipinski definition) is 4. The predicted molar refractivity (Wildman–Crippen MR) is 66.4 cm³/mol. The van der Waals surface area contributed by atoms with Crippen molar-refractivity contribution in [2.45, 2.75) is 6.92 Å². The quantitative estimate of drug-likeness (QED) is 0.630. The molecule has 0 saturated carbocycles. The third kappa shape index (κ3) is 2.44. The molecule has 0 atom stereocenters. The Morgan fingerprint density at radius 1 is 1.56 bits per heavy atom. The largest absolute Gasteiger partial charge is 0.494 e. The molecule has 0 bridgehead atoms. The summed E-state index contributed by atoms with van der Waals surface area (Å²) in [6.07, 6.45) is 0. The first-order chi connectivity index (χ1) is 7.65. The van der Waals surface area contributed by atoms with Crippen molar-refractivity contribution in [3.05, 3.63) is 26.8 Å². The van der Waals surface area contributed by atoms with E-state index in [0.717, 1.165) is 0 Å². The maximum atomic E-state index is 11.6. The van der Waals surface area contributed by atoms with Crippen molar-refractivity contribution < 1.29 is 14.3 Å². The zero-order chi connectivity index (χ0) is 12.1. The molecule has 0 radical (unpaired) electrons. The van der Waals surface area contributed by atoms with Crippen molar-refractivity contribution in [1.29, 1.82) is 5.26 Å². The summed E-state index contributed by atoms with van der Waals surface area (Å²) < 4.78 is 10.6. The SMILES string of the molecule is CCOC(=O)c1ccc(C#N)c(OC)c1I. The Balaban J connectivity index is 3.25. The number of nitriles is 1. The highest BCUT2D eigenvalue weighted by Crippen LogP contribution is 2.28. The van der Waals surface area contributed by atoms with Crippen LogP contribution in [0.5, 0.6) is 5.75 Å². The Hall–Kier alpha value is -1.29. The summed E-state index contributed by atoms with van der Waals surface area (Å²) in [6.45, 7) is 2.06. The molecule has 0 saturated heterocycles. The predicted octanol–water partition coefficient (Wildman–Crippen LogP) is 2.35. The van der Waals surface area contributed by atoms with E-state index in [1.807, 2.05) is 28.7 Å². The number of halogens is 1. The maximum absolute atomic E-state index is 11.6. The fourth-order valence-electron chi connectivity index (χ4n) is 1.21. The lowest BCUT2D eigenvalue weighted by Crippen LogP contribution is -2.08. The fourth-order valence-corrected chi connectivity index (χ4v) is 2.12. The van der Waals surface area contributed by atoms with E-state index in [9.17, 15) is 4.79 Å². The third-order valence-electron chi connectivity index (χ3n) is 1.92. The van der Waals surface area contributed by atoms with Gasteiger partial charge in [0.2, 0.25) is 0 Å². The highest BCUT2D eigenvalue weighted by molar-refractivity contribution is 14.1. The molecule has 0 aliphatic rings. The summed E-state index contributed by atoms with van der Waals surface area (Å²) in [5.74, 6) is 0.00310. The summed E-state index contributed by atoms with van der Waals surface area (Å²) in [4.78, 5) is 11.6. The molecule has 0 aliphatic carbocycles. The minimum absolute atomic E-state index is 0.317. The van der Waals surface area contributed by atoms with Gasteiger partial charge in [-0.25, -0.2) is 4.79 Å². The second-order valence-electron chi connectivity index (χ2n) is 2.84. The van der Waals surface area contributed by atoms with Crippen LogP contribution in [0.25, 0.3) is 0 Å². The van der Waals surface area contributed by atoms with E-state index in [4.69, 9.17) is 14.7 Å². The van der Waals surface area contributed by atoms with Crippen molar-refractivity contribution in [2.24, 2.45) is 0 Å². The van der Waals surface area contributed by atoms with Crippen LogP contribution in [0.2, 0.25) is 0 Å². The number of hydrogen-bond donors (Lipinski definition) is 0. The van der Waals surface area contributed by atoms with Crippen LogP contribution in [0.3, 0.4) is 0 Å². The Morgan fingerprint density at radius 3 is 2.75 bits per heavy atom. The van der Waals surface area contributed by atoms with Gasteiger partial charge in [0.1, 0.15) is 6.07 Å². The Morgan fingerprint density at radius 2 is 2.25 bits per heavy atom. The number of nitrogens with zero attached hydrogens (tertiary/aromatic N) is 1. The molecule has 0 heterocycles. The number of benzene rings is 1. The summed E-state index contributed by atoms with van der Waals surface area (Å²) in [5.41, 5.74) is 0.818. The molecule has 0 aliphatic heterocycles. The lowest BCUT2D eigenvalue weighted by atomic mass is 10.1. The standard InChI is InChI=1S/C11H10INO3/c1-3-16-11(14)8-5-4-7(6-13)10(15-2)9(8)12/h4-5H,3H2,1-2H3. The van der Waals surface area contributed by atoms with Gasteiger partial charge < -0.3 is 9.47 Å². The van der Waals surface area contributed by atoms with E-state index in [0.29, 0.717) is 27.1 Å². The summed E-state index contributed by atoms with van der Waals surface area (Å²) in [7, 11) is 1.47. The molecular weight excluding hydrogens is 321 g/mol. The van der Waals surface area contributed by atoms with Crippen LogP contribution in [0.4, 0.5) is 0 Å². The van der Waals surface area contributed by atoms with E-state index >= 15 is 0 Å². The van der Waals surface area contributed by atoms with Gasteiger partial charge in [0.05, 0.1) is 28.4 Å². The minimum Gasteiger partial charge on any atom is -0.494 e. The van der Waals surface area contributed by atoms with Crippen LogP contribution in [0.1, 0.15) is 22.8 Å². The van der Waals surface area contributed by atoms with Crippen molar-refractivity contribution >= 4 is 28.6 Å². The molecule has 1 aromatic carbocycles. The zero-order valence-electron chi connectivity index (χ0n) is 8.91. The highest BCUT2D eigenvalue weighted by atomic mass is 127. The van der Waals surface area contributed by atoms with Crippen LogP contribution in [0.15, 0.2) is 12.1 Å². The van der Waals surface area contributed by atoms with Gasteiger partial charge in [0, 0.05) is 0 Å².